The second-order valence-electron chi connectivity index (χ2n) is 5.66. The van der Waals surface area contributed by atoms with E-state index in [0.29, 0.717) is 29.4 Å². The second kappa shape index (κ2) is 10.1. The van der Waals surface area contributed by atoms with Crippen LogP contribution in [0.15, 0.2) is 48.5 Å². The van der Waals surface area contributed by atoms with E-state index >= 15 is 0 Å². The van der Waals surface area contributed by atoms with Crippen molar-refractivity contribution >= 4 is 11.9 Å². The second-order valence-corrected chi connectivity index (χ2v) is 5.66. The molecule has 2 rings (SSSR count). The van der Waals surface area contributed by atoms with Crippen LogP contribution in [-0.4, -0.2) is 37.3 Å². The number of benzene rings is 2. The molecule has 2 aromatic rings. The van der Waals surface area contributed by atoms with Gasteiger partial charge in [0.15, 0.2) is 18.1 Å². The Morgan fingerprint density at radius 3 is 2.30 bits per heavy atom. The number of hydrogen-bond acceptors (Lipinski definition) is 5. The van der Waals surface area contributed by atoms with Gasteiger partial charge in [0, 0.05) is 0 Å². The van der Waals surface area contributed by atoms with Crippen molar-refractivity contribution in [3.8, 4) is 17.2 Å². The molecular formula is C20H23NO6. The fourth-order valence-corrected chi connectivity index (χ4v) is 2.51. The van der Waals surface area contributed by atoms with Gasteiger partial charge in [0.2, 0.25) is 0 Å². The van der Waals surface area contributed by atoms with Crippen molar-refractivity contribution in [3.63, 3.8) is 0 Å². The zero-order valence-corrected chi connectivity index (χ0v) is 15.3. The number of aliphatic carboxylic acids is 1. The summed E-state index contributed by atoms with van der Waals surface area (Å²) in [6.07, 6.45) is -0.242. The molecule has 0 heterocycles. The first-order chi connectivity index (χ1) is 13.0. The highest BCUT2D eigenvalue weighted by atomic mass is 16.5. The third-order valence-electron chi connectivity index (χ3n) is 3.74. The number of carbonyl (C=O) groups is 2. The summed E-state index contributed by atoms with van der Waals surface area (Å²) in [5.74, 6) is 0.187. The highest BCUT2D eigenvalue weighted by Gasteiger charge is 2.19. The van der Waals surface area contributed by atoms with Crippen molar-refractivity contribution < 1.29 is 28.9 Å². The third-order valence-corrected chi connectivity index (χ3v) is 3.74. The van der Waals surface area contributed by atoms with Crippen molar-refractivity contribution in [1.82, 2.24) is 5.32 Å². The first kappa shape index (κ1) is 20.1. The molecule has 0 aliphatic heterocycles. The van der Waals surface area contributed by atoms with Gasteiger partial charge in [-0.05, 0) is 36.8 Å². The molecule has 0 unspecified atom stereocenters. The Morgan fingerprint density at radius 2 is 1.70 bits per heavy atom. The molecule has 0 bridgehead atoms. The molecule has 0 saturated carbocycles. The van der Waals surface area contributed by atoms with Crippen molar-refractivity contribution in [2.45, 2.75) is 19.4 Å². The van der Waals surface area contributed by atoms with Crippen LogP contribution in [0.2, 0.25) is 0 Å². The molecule has 2 aromatic carbocycles. The van der Waals surface area contributed by atoms with Crippen LogP contribution in [0.3, 0.4) is 0 Å². The fourth-order valence-electron chi connectivity index (χ4n) is 2.51. The van der Waals surface area contributed by atoms with Crippen molar-refractivity contribution in [2.24, 2.45) is 0 Å². The minimum atomic E-state index is -1.01. The van der Waals surface area contributed by atoms with Gasteiger partial charge in [-0.3, -0.25) is 9.59 Å². The van der Waals surface area contributed by atoms with E-state index in [0.717, 1.165) is 0 Å². The van der Waals surface area contributed by atoms with Gasteiger partial charge in [-0.25, -0.2) is 0 Å². The third kappa shape index (κ3) is 6.22. The van der Waals surface area contributed by atoms with Crippen LogP contribution < -0.4 is 19.5 Å². The maximum absolute atomic E-state index is 12.3. The van der Waals surface area contributed by atoms with Crippen LogP contribution in [0.25, 0.3) is 0 Å². The quantitative estimate of drug-likeness (QED) is 0.665. The first-order valence-electron chi connectivity index (χ1n) is 8.53. The summed E-state index contributed by atoms with van der Waals surface area (Å²) >= 11 is 0. The van der Waals surface area contributed by atoms with E-state index in [2.05, 4.69) is 5.32 Å². The van der Waals surface area contributed by atoms with E-state index in [1.54, 1.807) is 48.5 Å². The number of methoxy groups -OCH3 is 1. The largest absolute Gasteiger partial charge is 0.494 e. The van der Waals surface area contributed by atoms with Crippen molar-refractivity contribution in [1.29, 1.82) is 0 Å². The Labute approximate surface area is 157 Å². The molecule has 0 aromatic heterocycles. The Morgan fingerprint density at radius 1 is 1.04 bits per heavy atom. The van der Waals surface area contributed by atoms with Crippen LogP contribution in [0.1, 0.15) is 24.9 Å². The number of para-hydroxylation sites is 2. The average Bonchev–Trinajstić information content (AvgIpc) is 2.66. The zero-order chi connectivity index (χ0) is 19.6. The molecular weight excluding hydrogens is 350 g/mol. The van der Waals surface area contributed by atoms with Crippen LogP contribution in [0.4, 0.5) is 0 Å². The molecule has 0 radical (unpaired) electrons. The topological polar surface area (TPSA) is 94.1 Å². The average molecular weight is 373 g/mol. The lowest BCUT2D eigenvalue weighted by Crippen LogP contribution is -2.33. The van der Waals surface area contributed by atoms with Crippen LogP contribution in [-0.2, 0) is 9.59 Å². The Hall–Kier alpha value is -3.22. The maximum atomic E-state index is 12.3. The molecule has 0 fully saturated rings. The van der Waals surface area contributed by atoms with E-state index in [1.165, 1.54) is 7.11 Å². The van der Waals surface area contributed by atoms with Crippen molar-refractivity contribution in [3.05, 3.63) is 54.1 Å². The minimum absolute atomic E-state index is 0.242. The summed E-state index contributed by atoms with van der Waals surface area (Å²) in [7, 11) is 1.51. The highest BCUT2D eigenvalue weighted by molar-refractivity contribution is 5.79. The highest BCUT2D eigenvalue weighted by Crippen LogP contribution is 2.26. The smallest absolute Gasteiger partial charge is 0.305 e. The predicted molar refractivity (Wildman–Crippen MR) is 99.2 cm³/mol. The number of nitrogens with one attached hydrogen (secondary N) is 1. The molecule has 0 saturated heterocycles. The number of carboxylic acids is 1. The molecule has 1 atom stereocenters. The Bertz CT molecular complexity index is 759. The van der Waals surface area contributed by atoms with Gasteiger partial charge in [0.25, 0.3) is 5.91 Å². The molecule has 7 heteroatoms. The van der Waals surface area contributed by atoms with Crippen LogP contribution in [0.5, 0.6) is 17.2 Å². The molecule has 0 aliphatic rings. The van der Waals surface area contributed by atoms with E-state index in [-0.39, 0.29) is 13.0 Å². The predicted octanol–water partition coefficient (Wildman–Crippen LogP) is 2.80. The lowest BCUT2D eigenvalue weighted by Gasteiger charge is -2.18. The van der Waals surface area contributed by atoms with E-state index < -0.39 is 17.9 Å². The standard InChI is InChI=1S/C20H23NO6/c1-3-26-15-10-8-14(9-11-15)16(12-20(23)24)21-19(22)13-27-18-7-5-4-6-17(18)25-2/h4-11,16H,3,12-13H2,1-2H3,(H,21,22)(H,23,24)/t16-/m1/s1. The van der Waals surface area contributed by atoms with Gasteiger partial charge in [-0.1, -0.05) is 24.3 Å². The summed E-state index contributed by atoms with van der Waals surface area (Å²) in [6.45, 7) is 2.16. The summed E-state index contributed by atoms with van der Waals surface area (Å²) in [6, 6.07) is 13.2. The van der Waals surface area contributed by atoms with E-state index in [9.17, 15) is 9.59 Å². The number of carboxylic acid groups (broad SMARTS) is 1. The number of carbonyl (C=O) groups excluding carboxylic acids is 1. The molecule has 7 nitrogen and oxygen atoms in total. The Kier molecular flexibility index (Phi) is 7.49. The van der Waals surface area contributed by atoms with Gasteiger partial charge in [0.1, 0.15) is 5.75 Å². The molecule has 0 aliphatic carbocycles. The molecule has 1 amide bonds. The molecule has 2 N–H and O–H groups in total. The van der Waals surface area contributed by atoms with Gasteiger partial charge in [-0.2, -0.15) is 0 Å². The van der Waals surface area contributed by atoms with Crippen LogP contribution >= 0.6 is 0 Å². The number of hydrogen-bond donors (Lipinski definition) is 2. The summed E-state index contributed by atoms with van der Waals surface area (Å²) in [5, 5.41) is 11.8. The SMILES string of the molecule is CCOc1ccc([C@@H](CC(=O)O)NC(=O)COc2ccccc2OC)cc1. The molecule has 144 valence electrons. The van der Waals surface area contributed by atoms with E-state index in [1.807, 2.05) is 6.92 Å². The van der Waals surface area contributed by atoms with Crippen molar-refractivity contribution in [2.75, 3.05) is 20.3 Å². The van der Waals surface area contributed by atoms with Gasteiger partial charge < -0.3 is 24.6 Å². The number of rotatable bonds is 10. The maximum Gasteiger partial charge on any atom is 0.305 e. The Balaban J connectivity index is 2.02. The lowest BCUT2D eigenvalue weighted by atomic mass is 10.0. The summed E-state index contributed by atoms with van der Waals surface area (Å²) in [4.78, 5) is 23.4. The monoisotopic (exact) mass is 373 g/mol. The van der Waals surface area contributed by atoms with Gasteiger partial charge in [-0.15, -0.1) is 0 Å². The summed E-state index contributed by atoms with van der Waals surface area (Å²) in [5.41, 5.74) is 0.673. The fraction of sp³-hybridized carbons (Fsp3) is 0.300. The minimum Gasteiger partial charge on any atom is -0.494 e. The zero-order valence-electron chi connectivity index (χ0n) is 15.3. The lowest BCUT2D eigenvalue weighted by molar-refractivity contribution is -0.137. The summed E-state index contributed by atoms with van der Waals surface area (Å²) < 4.78 is 16.0. The molecule has 27 heavy (non-hydrogen) atoms. The van der Waals surface area contributed by atoms with Gasteiger partial charge >= 0.3 is 5.97 Å². The number of amides is 1. The van der Waals surface area contributed by atoms with Crippen LogP contribution in [0, 0.1) is 0 Å². The van der Waals surface area contributed by atoms with E-state index in [4.69, 9.17) is 19.3 Å². The normalized spacial score (nSPS) is 11.3. The molecule has 0 spiro atoms. The first-order valence-corrected chi connectivity index (χ1v) is 8.53. The number of ether oxygens (including phenoxy) is 3. The van der Waals surface area contributed by atoms with Gasteiger partial charge in [0.05, 0.1) is 26.2 Å².